The van der Waals surface area contributed by atoms with E-state index in [1.807, 2.05) is 0 Å². The van der Waals surface area contributed by atoms with Gasteiger partial charge in [-0.05, 0) is 51.8 Å². The Morgan fingerprint density at radius 2 is 1.60 bits per heavy atom. The van der Waals surface area contributed by atoms with Crippen LogP contribution in [0.15, 0.2) is 64.2 Å². The molecule has 0 spiro atoms. The maximum Gasteiger partial charge on any atom is 0.343 e. The van der Waals surface area contributed by atoms with Crippen LogP contribution in [0.3, 0.4) is 0 Å². The predicted molar refractivity (Wildman–Crippen MR) is 140 cm³/mol. The summed E-state index contributed by atoms with van der Waals surface area (Å²) in [5.74, 6) is -2.18. The summed E-state index contributed by atoms with van der Waals surface area (Å²) >= 11 is 3.25. The van der Waals surface area contributed by atoms with Gasteiger partial charge in [-0.3, -0.25) is 35.1 Å². The minimum atomic E-state index is -0.911. The van der Waals surface area contributed by atoms with E-state index >= 15 is 0 Å². The molecular weight excluding hydrogens is 602 g/mol. The Hall–Kier alpha value is -5.45. The Kier molecular flexibility index (Phi) is 9.37. The lowest BCUT2D eigenvalue weighted by Gasteiger charge is -2.10. The fourth-order valence-electron chi connectivity index (χ4n) is 3.02. The van der Waals surface area contributed by atoms with Crippen molar-refractivity contribution < 1.29 is 38.6 Å². The molecule has 0 radical (unpaired) electrons. The van der Waals surface area contributed by atoms with Crippen molar-refractivity contribution in [3.8, 4) is 17.2 Å². The molecule has 0 fully saturated rings. The first-order chi connectivity index (χ1) is 19.0. The van der Waals surface area contributed by atoms with Crippen molar-refractivity contribution in [2.24, 2.45) is 5.10 Å². The average Bonchev–Trinajstić information content (AvgIpc) is 2.92. The highest BCUT2D eigenvalue weighted by Crippen LogP contribution is 2.40. The number of carbonyl (C=O) groups excluding carboxylic acids is 2. The number of halogens is 1. The maximum atomic E-state index is 12.3. The quantitative estimate of drug-likeness (QED) is 0.107. The minimum Gasteiger partial charge on any atom is -0.492 e. The summed E-state index contributed by atoms with van der Waals surface area (Å²) in [6, 6.07) is 11.0. The summed E-state index contributed by atoms with van der Waals surface area (Å²) in [5, 5.41) is 36.8. The van der Waals surface area contributed by atoms with Crippen molar-refractivity contribution in [2.75, 3.05) is 13.7 Å². The normalized spacial score (nSPS) is 10.6. The lowest BCUT2D eigenvalue weighted by atomic mass is 10.2. The number of ether oxygens (including phenoxy) is 3. The maximum absolute atomic E-state index is 12.3. The van der Waals surface area contributed by atoms with Crippen LogP contribution in [-0.2, 0) is 4.79 Å². The van der Waals surface area contributed by atoms with Gasteiger partial charge < -0.3 is 14.2 Å². The summed E-state index contributed by atoms with van der Waals surface area (Å²) in [7, 11) is 1.13. The van der Waals surface area contributed by atoms with Crippen LogP contribution < -0.4 is 19.6 Å². The zero-order valence-corrected chi connectivity index (χ0v) is 21.7. The first-order valence-electron chi connectivity index (χ1n) is 10.7. The van der Waals surface area contributed by atoms with Crippen molar-refractivity contribution in [2.45, 2.75) is 0 Å². The molecule has 3 aromatic carbocycles. The summed E-state index contributed by atoms with van der Waals surface area (Å²) in [6.45, 7) is -0.729. The Labute approximate surface area is 231 Å². The monoisotopic (exact) mass is 617 g/mol. The molecule has 0 heterocycles. The number of nitro groups is 3. The van der Waals surface area contributed by atoms with Gasteiger partial charge in [0.2, 0.25) is 5.75 Å². The highest BCUT2D eigenvalue weighted by atomic mass is 79.9. The molecule has 0 atom stereocenters. The molecule has 0 aromatic heterocycles. The van der Waals surface area contributed by atoms with Gasteiger partial charge in [-0.2, -0.15) is 5.10 Å². The highest BCUT2D eigenvalue weighted by molar-refractivity contribution is 9.10. The minimum absolute atomic E-state index is 0.102. The van der Waals surface area contributed by atoms with E-state index in [9.17, 15) is 39.9 Å². The number of nitrogens with zero attached hydrogens (tertiary/aromatic N) is 4. The Morgan fingerprint density at radius 1 is 0.925 bits per heavy atom. The number of amides is 1. The second-order valence-electron chi connectivity index (χ2n) is 7.48. The largest absolute Gasteiger partial charge is 0.492 e. The standard InChI is InChI=1S/C23H16BrN5O11/c1-38-20-10-16(28(34)35)9-18(29(36)37)22(20)39-12-21(30)26-25-11-13-2-7-19(17(24)8-13)40-23(31)14-3-5-15(6-4-14)27(32)33/h2-11H,12H2,1H3,(H,26,30)/b25-11+. The molecule has 3 aromatic rings. The number of nitrogens with one attached hydrogen (secondary N) is 1. The fraction of sp³-hybridized carbons (Fsp3) is 0.0870. The molecule has 0 saturated heterocycles. The van der Waals surface area contributed by atoms with Gasteiger partial charge in [-0.15, -0.1) is 0 Å². The summed E-state index contributed by atoms with van der Waals surface area (Å²) < 4.78 is 15.8. The number of hydrogen-bond acceptors (Lipinski definition) is 12. The van der Waals surface area contributed by atoms with Gasteiger partial charge in [-0.25, -0.2) is 10.2 Å². The first-order valence-corrected chi connectivity index (χ1v) is 11.5. The molecule has 0 bridgehead atoms. The van der Waals surface area contributed by atoms with E-state index in [1.165, 1.54) is 48.7 Å². The van der Waals surface area contributed by atoms with Gasteiger partial charge in [0.1, 0.15) is 5.75 Å². The Balaban J connectivity index is 1.60. The molecule has 1 N–H and O–H groups in total. The van der Waals surface area contributed by atoms with Crippen LogP contribution in [0.5, 0.6) is 17.2 Å². The average molecular weight is 618 g/mol. The van der Waals surface area contributed by atoms with Crippen molar-refractivity contribution in [1.29, 1.82) is 0 Å². The summed E-state index contributed by atoms with van der Waals surface area (Å²) in [5.41, 5.74) is 1.20. The van der Waals surface area contributed by atoms with Gasteiger partial charge in [0, 0.05) is 12.1 Å². The van der Waals surface area contributed by atoms with Crippen molar-refractivity contribution in [3.63, 3.8) is 0 Å². The molecule has 40 heavy (non-hydrogen) atoms. The SMILES string of the molecule is COc1cc([N+](=O)[O-])cc([N+](=O)[O-])c1OCC(=O)N/N=C/c1ccc(OC(=O)c2ccc([N+](=O)[O-])cc2)c(Br)c1. The smallest absolute Gasteiger partial charge is 0.343 e. The third kappa shape index (κ3) is 7.32. The molecule has 0 unspecified atom stereocenters. The molecule has 0 saturated carbocycles. The number of esters is 1. The lowest BCUT2D eigenvalue weighted by Crippen LogP contribution is -2.25. The Morgan fingerprint density at radius 3 is 2.17 bits per heavy atom. The number of methoxy groups -OCH3 is 1. The number of rotatable bonds is 11. The molecule has 0 aliphatic carbocycles. The molecule has 206 valence electrons. The van der Waals surface area contributed by atoms with Crippen LogP contribution in [-0.4, -0.2) is 46.6 Å². The van der Waals surface area contributed by atoms with Crippen LogP contribution in [0.25, 0.3) is 0 Å². The van der Waals surface area contributed by atoms with Crippen molar-refractivity contribution in [1.82, 2.24) is 5.43 Å². The molecule has 3 rings (SSSR count). The van der Waals surface area contributed by atoms with Gasteiger partial charge in [-0.1, -0.05) is 0 Å². The number of non-ortho nitro benzene ring substituents is 2. The van der Waals surface area contributed by atoms with Crippen LogP contribution >= 0.6 is 15.9 Å². The molecule has 0 aliphatic heterocycles. The van der Waals surface area contributed by atoms with E-state index in [4.69, 9.17) is 14.2 Å². The molecule has 1 amide bonds. The topological polar surface area (TPSA) is 216 Å². The zero-order valence-electron chi connectivity index (χ0n) is 20.1. The molecule has 17 heteroatoms. The van der Waals surface area contributed by atoms with Crippen molar-refractivity contribution in [3.05, 3.63) is 101 Å². The Bertz CT molecular complexity index is 1530. The third-order valence-corrected chi connectivity index (χ3v) is 5.49. The van der Waals surface area contributed by atoms with Gasteiger partial charge in [0.25, 0.3) is 17.3 Å². The van der Waals surface area contributed by atoms with E-state index in [2.05, 4.69) is 26.5 Å². The van der Waals surface area contributed by atoms with Crippen LogP contribution in [0.4, 0.5) is 17.1 Å². The first kappa shape index (κ1) is 29.1. The number of benzene rings is 3. The van der Waals surface area contributed by atoms with Crippen LogP contribution in [0.2, 0.25) is 0 Å². The van der Waals surface area contributed by atoms with Crippen LogP contribution in [0, 0.1) is 30.3 Å². The van der Waals surface area contributed by atoms with E-state index < -0.39 is 50.4 Å². The summed E-state index contributed by atoms with van der Waals surface area (Å²) in [4.78, 5) is 55.2. The fourth-order valence-corrected chi connectivity index (χ4v) is 3.50. The number of carbonyl (C=O) groups is 2. The van der Waals surface area contributed by atoms with E-state index in [0.717, 1.165) is 13.2 Å². The molecule has 0 aliphatic rings. The second-order valence-corrected chi connectivity index (χ2v) is 8.33. The van der Waals surface area contributed by atoms with Gasteiger partial charge >= 0.3 is 11.7 Å². The van der Waals surface area contributed by atoms with E-state index in [-0.39, 0.29) is 22.7 Å². The number of hydrazone groups is 1. The van der Waals surface area contributed by atoms with Gasteiger partial charge in [0.15, 0.2) is 12.4 Å². The zero-order chi connectivity index (χ0) is 29.4. The molecule has 16 nitrogen and oxygen atoms in total. The predicted octanol–water partition coefficient (Wildman–Crippen LogP) is 3.93. The van der Waals surface area contributed by atoms with E-state index in [0.29, 0.717) is 16.1 Å². The van der Waals surface area contributed by atoms with Gasteiger partial charge in [0.05, 0.1) is 50.3 Å². The lowest BCUT2D eigenvalue weighted by molar-refractivity contribution is -0.394. The van der Waals surface area contributed by atoms with Crippen molar-refractivity contribution >= 4 is 51.1 Å². The summed E-state index contributed by atoms with van der Waals surface area (Å²) in [6.07, 6.45) is 1.25. The number of hydrogen-bond donors (Lipinski definition) is 1. The van der Waals surface area contributed by atoms with Crippen LogP contribution in [0.1, 0.15) is 15.9 Å². The molecular formula is C23H16BrN5O11. The van der Waals surface area contributed by atoms with E-state index in [1.54, 1.807) is 0 Å². The highest BCUT2D eigenvalue weighted by Gasteiger charge is 2.27. The number of nitro benzene ring substituents is 3. The second kappa shape index (κ2) is 12.9. The third-order valence-electron chi connectivity index (χ3n) is 4.87.